The number of ketones is 1. The van der Waals surface area contributed by atoms with Gasteiger partial charge in [-0.25, -0.2) is 4.98 Å². The molecule has 3 aliphatic rings. The lowest BCUT2D eigenvalue weighted by molar-refractivity contribution is 0.0923. The van der Waals surface area contributed by atoms with Gasteiger partial charge in [-0.1, -0.05) is 13.8 Å². The Morgan fingerprint density at radius 2 is 1.76 bits per heavy atom. The highest BCUT2D eigenvalue weighted by Gasteiger charge is 2.42. The van der Waals surface area contributed by atoms with Crippen LogP contribution in [0, 0.1) is 5.92 Å². The fraction of sp³-hybridized carbons (Fsp3) is 0.533. The summed E-state index contributed by atoms with van der Waals surface area (Å²) in [6, 6.07) is 8.28. The molecule has 2 aliphatic heterocycles. The minimum atomic E-state index is -0.500. The van der Waals surface area contributed by atoms with Crippen molar-refractivity contribution >= 4 is 29.1 Å². The Balaban J connectivity index is 1.29. The van der Waals surface area contributed by atoms with Gasteiger partial charge < -0.3 is 21.3 Å². The van der Waals surface area contributed by atoms with Crippen molar-refractivity contribution in [1.29, 1.82) is 0 Å². The van der Waals surface area contributed by atoms with Crippen LogP contribution < -0.4 is 21.3 Å². The van der Waals surface area contributed by atoms with Gasteiger partial charge in [-0.3, -0.25) is 14.4 Å². The maximum absolute atomic E-state index is 13.5. The highest BCUT2D eigenvalue weighted by Crippen LogP contribution is 2.39. The first kappa shape index (κ1) is 26.2. The second-order valence-electron chi connectivity index (χ2n) is 11.2. The predicted molar refractivity (Wildman–Crippen MR) is 149 cm³/mol. The summed E-state index contributed by atoms with van der Waals surface area (Å²) in [5, 5.41) is 6.64. The molecule has 4 atom stereocenters. The standard InChI is InChI=1S/C30H39N5O3/c1-4-17(3)33-26-15-24(18(5-2)12-25(26)29(31)37)30(38)34-21-13-22-9-10-23(14-21)35(22)27-11-8-20(16-32-27)28(36)19-6-7-19/h8,11-12,15-17,19,21-23,33H,4-7,9-10,13-14H2,1-3H3,(H2,31,37)(H,34,38)/t17-,21?,22-,23+/m1/s1. The van der Waals surface area contributed by atoms with Crippen LogP contribution in [0.1, 0.15) is 102 Å². The van der Waals surface area contributed by atoms with Crippen LogP contribution in [-0.4, -0.2) is 46.7 Å². The zero-order valence-corrected chi connectivity index (χ0v) is 22.6. The molecular weight excluding hydrogens is 478 g/mol. The minimum Gasteiger partial charge on any atom is -0.382 e. The van der Waals surface area contributed by atoms with E-state index in [1.54, 1.807) is 18.3 Å². The Morgan fingerprint density at radius 1 is 1.05 bits per heavy atom. The van der Waals surface area contributed by atoms with E-state index in [0.29, 0.717) is 40.9 Å². The Morgan fingerprint density at radius 3 is 2.32 bits per heavy atom. The van der Waals surface area contributed by atoms with Gasteiger partial charge in [-0.2, -0.15) is 0 Å². The number of fused-ring (bicyclic) bond motifs is 2. The number of pyridine rings is 1. The number of carbonyl (C=O) groups is 3. The number of nitrogens with zero attached hydrogens (tertiary/aromatic N) is 2. The van der Waals surface area contributed by atoms with E-state index in [0.717, 1.165) is 56.3 Å². The van der Waals surface area contributed by atoms with Gasteiger partial charge in [0.05, 0.1) is 5.56 Å². The predicted octanol–water partition coefficient (Wildman–Crippen LogP) is 4.48. The van der Waals surface area contributed by atoms with Crippen LogP contribution in [0.3, 0.4) is 0 Å². The Kier molecular flexibility index (Phi) is 7.41. The summed E-state index contributed by atoms with van der Waals surface area (Å²) in [6.45, 7) is 6.08. The lowest BCUT2D eigenvalue weighted by atomic mass is 9.95. The number of benzene rings is 1. The number of carbonyl (C=O) groups excluding carboxylic acids is 3. The number of Topliss-reactive ketones (excluding diaryl/α,β-unsaturated/α-hetero) is 1. The quantitative estimate of drug-likeness (QED) is 0.400. The first-order chi connectivity index (χ1) is 18.3. The monoisotopic (exact) mass is 517 g/mol. The summed E-state index contributed by atoms with van der Waals surface area (Å²) < 4.78 is 0. The first-order valence-electron chi connectivity index (χ1n) is 14.1. The SMILES string of the molecule is CCc1cc(C(N)=O)c(N[C@H](C)CC)cc1C(=O)NC1C[C@H]2CC[C@@H](C1)N2c1ccc(C(=O)C2CC2)cn1. The molecule has 1 saturated carbocycles. The van der Waals surface area contributed by atoms with E-state index in [4.69, 9.17) is 5.73 Å². The van der Waals surface area contributed by atoms with E-state index < -0.39 is 5.91 Å². The lowest BCUT2D eigenvalue weighted by Crippen LogP contribution is -2.51. The Bertz CT molecular complexity index is 1210. The number of hydrogen-bond donors (Lipinski definition) is 3. The van der Waals surface area contributed by atoms with Gasteiger partial charge in [-0.05, 0) is 88.1 Å². The molecule has 2 amide bonds. The van der Waals surface area contributed by atoms with Gasteiger partial charge in [0, 0.05) is 53.1 Å². The molecule has 1 aliphatic carbocycles. The molecule has 1 aromatic heterocycles. The molecule has 1 unspecified atom stereocenters. The maximum atomic E-state index is 13.5. The number of piperidine rings is 1. The number of rotatable bonds is 10. The molecule has 1 aromatic carbocycles. The van der Waals surface area contributed by atoms with Gasteiger partial charge in [0.1, 0.15) is 5.82 Å². The van der Waals surface area contributed by atoms with Crippen LogP contribution >= 0.6 is 0 Å². The number of primary amides is 1. The molecule has 3 fully saturated rings. The van der Waals surface area contributed by atoms with Crippen molar-refractivity contribution in [3.05, 3.63) is 52.7 Å². The molecule has 2 aromatic rings. The molecule has 8 nitrogen and oxygen atoms in total. The summed E-state index contributed by atoms with van der Waals surface area (Å²) in [7, 11) is 0. The average Bonchev–Trinajstić information content (AvgIpc) is 3.72. The minimum absolute atomic E-state index is 0.0680. The van der Waals surface area contributed by atoms with E-state index in [1.165, 1.54) is 0 Å². The van der Waals surface area contributed by atoms with E-state index in [9.17, 15) is 14.4 Å². The van der Waals surface area contributed by atoms with Gasteiger partial charge in [-0.15, -0.1) is 0 Å². The summed E-state index contributed by atoms with van der Waals surface area (Å²) in [6.07, 6.45) is 9.07. The molecule has 2 bridgehead atoms. The van der Waals surface area contributed by atoms with Crippen LogP contribution in [0.25, 0.3) is 0 Å². The zero-order valence-electron chi connectivity index (χ0n) is 22.6. The molecule has 202 valence electrons. The molecule has 4 N–H and O–H groups in total. The van der Waals surface area contributed by atoms with Crippen molar-refractivity contribution in [3.63, 3.8) is 0 Å². The number of nitrogens with one attached hydrogen (secondary N) is 2. The Labute approximate surface area is 224 Å². The van der Waals surface area contributed by atoms with Crippen LogP contribution in [-0.2, 0) is 6.42 Å². The summed E-state index contributed by atoms with van der Waals surface area (Å²) in [5.74, 6) is 0.723. The van der Waals surface area contributed by atoms with E-state index >= 15 is 0 Å². The molecule has 38 heavy (non-hydrogen) atoms. The van der Waals surface area contributed by atoms with Crippen LogP contribution in [0.4, 0.5) is 11.5 Å². The first-order valence-corrected chi connectivity index (χ1v) is 14.1. The number of anilines is 2. The van der Waals surface area contributed by atoms with Crippen molar-refractivity contribution < 1.29 is 14.4 Å². The van der Waals surface area contributed by atoms with Crippen LogP contribution in [0.2, 0.25) is 0 Å². The second kappa shape index (κ2) is 10.8. The maximum Gasteiger partial charge on any atom is 0.251 e. The summed E-state index contributed by atoms with van der Waals surface area (Å²) in [5.41, 5.74) is 8.81. The van der Waals surface area contributed by atoms with E-state index in [-0.39, 0.29) is 29.7 Å². The van der Waals surface area contributed by atoms with Crippen molar-refractivity contribution in [2.24, 2.45) is 11.7 Å². The van der Waals surface area contributed by atoms with Gasteiger partial charge in [0.25, 0.3) is 11.8 Å². The fourth-order valence-corrected chi connectivity index (χ4v) is 6.04. The number of aromatic nitrogens is 1. The third-order valence-corrected chi connectivity index (χ3v) is 8.46. The van der Waals surface area contributed by atoms with E-state index in [2.05, 4.69) is 27.4 Å². The average molecular weight is 518 g/mol. The number of hydrogen-bond acceptors (Lipinski definition) is 6. The van der Waals surface area contributed by atoms with Crippen molar-refractivity contribution in [1.82, 2.24) is 10.3 Å². The zero-order chi connectivity index (χ0) is 27.0. The van der Waals surface area contributed by atoms with Crippen LogP contribution in [0.15, 0.2) is 30.5 Å². The van der Waals surface area contributed by atoms with Crippen molar-refractivity contribution in [2.75, 3.05) is 10.2 Å². The third-order valence-electron chi connectivity index (χ3n) is 8.46. The van der Waals surface area contributed by atoms with Crippen LogP contribution in [0.5, 0.6) is 0 Å². The number of nitrogens with two attached hydrogens (primary N) is 1. The topological polar surface area (TPSA) is 117 Å². The van der Waals surface area contributed by atoms with Gasteiger partial charge in [0.15, 0.2) is 5.78 Å². The highest BCUT2D eigenvalue weighted by atomic mass is 16.2. The number of amides is 2. The van der Waals surface area contributed by atoms with Crippen molar-refractivity contribution in [2.45, 2.75) is 96.3 Å². The number of aryl methyl sites for hydroxylation is 1. The molecular formula is C30H39N5O3. The molecule has 0 spiro atoms. The fourth-order valence-electron chi connectivity index (χ4n) is 6.04. The second-order valence-corrected chi connectivity index (χ2v) is 11.2. The third kappa shape index (κ3) is 5.26. The molecule has 0 radical (unpaired) electrons. The smallest absolute Gasteiger partial charge is 0.251 e. The lowest BCUT2D eigenvalue weighted by Gasteiger charge is -2.40. The van der Waals surface area contributed by atoms with Crippen molar-refractivity contribution in [3.8, 4) is 0 Å². The molecule has 5 rings (SSSR count). The molecule has 8 heteroatoms. The normalized spacial score (nSPS) is 23.1. The summed E-state index contributed by atoms with van der Waals surface area (Å²) >= 11 is 0. The highest BCUT2D eigenvalue weighted by molar-refractivity contribution is 6.03. The van der Waals surface area contributed by atoms with Gasteiger partial charge >= 0.3 is 0 Å². The van der Waals surface area contributed by atoms with E-state index in [1.807, 2.05) is 26.0 Å². The molecule has 3 heterocycles. The van der Waals surface area contributed by atoms with Gasteiger partial charge in [0.2, 0.25) is 0 Å². The summed E-state index contributed by atoms with van der Waals surface area (Å²) in [4.78, 5) is 45.1. The largest absolute Gasteiger partial charge is 0.382 e. The molecule has 2 saturated heterocycles. The Hall–Kier alpha value is -3.42.